The van der Waals surface area contributed by atoms with Crippen molar-refractivity contribution in [3.05, 3.63) is 70.3 Å². The summed E-state index contributed by atoms with van der Waals surface area (Å²) in [7, 11) is 3.17. The highest BCUT2D eigenvalue weighted by Gasteiger charge is 2.23. The van der Waals surface area contributed by atoms with Crippen molar-refractivity contribution in [2.75, 3.05) is 14.2 Å². The largest absolute Gasteiger partial charge is 0.493 e. The highest BCUT2D eigenvalue weighted by atomic mass is 16.5. The highest BCUT2D eigenvalue weighted by molar-refractivity contribution is 6.05. The van der Waals surface area contributed by atoms with Gasteiger partial charge in [-0.1, -0.05) is 23.8 Å². The Hall–Kier alpha value is -3.01. The van der Waals surface area contributed by atoms with E-state index in [4.69, 9.17) is 14.2 Å². The quantitative estimate of drug-likeness (QED) is 0.617. The topological polar surface area (TPSA) is 44.8 Å². The standard InChI is InChI=1S/C21H20O4/c1-13-5-6-14(2)17(9-13)19-12-16(21(22)25-19)10-15-7-8-18(23-3)20(11-15)24-4/h5-12H,1-4H3/b16-10+. The molecule has 0 unspecified atom stereocenters. The predicted molar refractivity (Wildman–Crippen MR) is 97.5 cm³/mol. The van der Waals surface area contributed by atoms with Crippen molar-refractivity contribution in [3.63, 3.8) is 0 Å². The van der Waals surface area contributed by atoms with Crippen LogP contribution in [-0.2, 0) is 9.53 Å². The van der Waals surface area contributed by atoms with E-state index in [-0.39, 0.29) is 5.97 Å². The van der Waals surface area contributed by atoms with E-state index in [1.807, 2.05) is 44.2 Å². The van der Waals surface area contributed by atoms with Gasteiger partial charge in [0.2, 0.25) is 0 Å². The Labute approximate surface area is 147 Å². The molecule has 0 saturated heterocycles. The first kappa shape index (κ1) is 16.8. The van der Waals surface area contributed by atoms with Crippen LogP contribution in [0.25, 0.3) is 11.8 Å². The van der Waals surface area contributed by atoms with Crippen LogP contribution in [0.2, 0.25) is 0 Å². The van der Waals surface area contributed by atoms with Gasteiger partial charge in [0.1, 0.15) is 5.76 Å². The van der Waals surface area contributed by atoms with E-state index < -0.39 is 0 Å². The van der Waals surface area contributed by atoms with Crippen molar-refractivity contribution in [2.45, 2.75) is 13.8 Å². The van der Waals surface area contributed by atoms with Gasteiger partial charge in [0.05, 0.1) is 19.8 Å². The summed E-state index contributed by atoms with van der Waals surface area (Å²) in [5.74, 6) is 1.48. The van der Waals surface area contributed by atoms with Crippen LogP contribution in [0.5, 0.6) is 11.5 Å². The molecule has 1 heterocycles. The van der Waals surface area contributed by atoms with Gasteiger partial charge in [-0.3, -0.25) is 0 Å². The third-order valence-electron chi connectivity index (χ3n) is 4.11. The fourth-order valence-electron chi connectivity index (χ4n) is 2.75. The number of aryl methyl sites for hydroxylation is 2. The van der Waals surface area contributed by atoms with Crippen LogP contribution in [-0.4, -0.2) is 20.2 Å². The van der Waals surface area contributed by atoms with E-state index in [0.717, 1.165) is 22.3 Å². The summed E-state index contributed by atoms with van der Waals surface area (Å²) >= 11 is 0. The molecule has 0 radical (unpaired) electrons. The Balaban J connectivity index is 1.97. The number of ether oxygens (including phenoxy) is 3. The van der Waals surface area contributed by atoms with Crippen molar-refractivity contribution in [3.8, 4) is 11.5 Å². The summed E-state index contributed by atoms with van der Waals surface area (Å²) in [6, 6.07) is 11.6. The first-order valence-corrected chi connectivity index (χ1v) is 7.97. The molecule has 2 aromatic carbocycles. The number of hydrogen-bond acceptors (Lipinski definition) is 4. The maximum atomic E-state index is 12.2. The molecule has 0 aromatic heterocycles. The lowest BCUT2D eigenvalue weighted by Crippen LogP contribution is -1.98. The highest BCUT2D eigenvalue weighted by Crippen LogP contribution is 2.32. The Morgan fingerprint density at radius 3 is 2.44 bits per heavy atom. The Kier molecular flexibility index (Phi) is 4.61. The van der Waals surface area contributed by atoms with Gasteiger partial charge in [0.25, 0.3) is 0 Å². The average molecular weight is 336 g/mol. The molecule has 1 aliphatic rings. The molecule has 0 atom stereocenters. The van der Waals surface area contributed by atoms with Crippen LogP contribution < -0.4 is 9.47 Å². The second-order valence-electron chi connectivity index (χ2n) is 5.93. The molecule has 0 N–H and O–H groups in total. The Morgan fingerprint density at radius 1 is 0.960 bits per heavy atom. The first-order chi connectivity index (χ1) is 12.0. The van der Waals surface area contributed by atoms with Gasteiger partial charge < -0.3 is 14.2 Å². The number of benzene rings is 2. The van der Waals surface area contributed by atoms with Crippen LogP contribution in [0.1, 0.15) is 22.3 Å². The summed E-state index contributed by atoms with van der Waals surface area (Å²) in [6.07, 6.45) is 3.56. The fraction of sp³-hybridized carbons (Fsp3) is 0.190. The third-order valence-corrected chi connectivity index (χ3v) is 4.11. The first-order valence-electron chi connectivity index (χ1n) is 7.97. The van der Waals surface area contributed by atoms with Crippen LogP contribution in [0, 0.1) is 13.8 Å². The number of rotatable bonds is 4. The Bertz CT molecular complexity index is 891. The molecular formula is C21H20O4. The number of carbonyl (C=O) groups is 1. The lowest BCUT2D eigenvalue weighted by atomic mass is 10.0. The lowest BCUT2D eigenvalue weighted by Gasteiger charge is -2.07. The number of methoxy groups -OCH3 is 2. The van der Waals surface area contributed by atoms with Crippen LogP contribution in [0.15, 0.2) is 48.0 Å². The minimum absolute atomic E-state index is 0.356. The summed E-state index contributed by atoms with van der Waals surface area (Å²) in [4.78, 5) is 12.2. The molecule has 128 valence electrons. The minimum Gasteiger partial charge on any atom is -0.493 e. The molecular weight excluding hydrogens is 316 g/mol. The van der Waals surface area contributed by atoms with Crippen LogP contribution in [0.3, 0.4) is 0 Å². The van der Waals surface area contributed by atoms with Crippen molar-refractivity contribution in [1.82, 2.24) is 0 Å². The predicted octanol–water partition coefficient (Wildman–Crippen LogP) is 4.30. The molecule has 25 heavy (non-hydrogen) atoms. The zero-order valence-corrected chi connectivity index (χ0v) is 14.8. The summed E-state index contributed by atoms with van der Waals surface area (Å²) < 4.78 is 16.0. The second-order valence-corrected chi connectivity index (χ2v) is 5.93. The minimum atomic E-state index is -0.356. The second kappa shape index (κ2) is 6.85. The molecule has 0 bridgehead atoms. The number of carbonyl (C=O) groups excluding carboxylic acids is 1. The number of esters is 1. The average Bonchev–Trinajstić information content (AvgIpc) is 2.97. The smallest absolute Gasteiger partial charge is 0.343 e. The van der Waals surface area contributed by atoms with E-state index in [2.05, 4.69) is 0 Å². The zero-order valence-electron chi connectivity index (χ0n) is 14.8. The van der Waals surface area contributed by atoms with Crippen molar-refractivity contribution in [2.24, 2.45) is 0 Å². The fourth-order valence-corrected chi connectivity index (χ4v) is 2.75. The van der Waals surface area contributed by atoms with E-state index in [1.165, 1.54) is 0 Å². The molecule has 0 fully saturated rings. The molecule has 0 aliphatic carbocycles. The van der Waals surface area contributed by atoms with Gasteiger partial charge in [0.15, 0.2) is 11.5 Å². The lowest BCUT2D eigenvalue weighted by molar-refractivity contribution is -0.130. The molecule has 4 nitrogen and oxygen atoms in total. The molecule has 2 aromatic rings. The molecule has 1 aliphatic heterocycles. The van der Waals surface area contributed by atoms with E-state index in [0.29, 0.717) is 22.8 Å². The van der Waals surface area contributed by atoms with Crippen molar-refractivity contribution in [1.29, 1.82) is 0 Å². The summed E-state index contributed by atoms with van der Waals surface area (Å²) in [5, 5.41) is 0. The van der Waals surface area contributed by atoms with Gasteiger partial charge in [-0.05, 0) is 55.3 Å². The van der Waals surface area contributed by atoms with Gasteiger partial charge in [-0.25, -0.2) is 4.79 Å². The molecule has 0 spiro atoms. The molecule has 3 rings (SSSR count). The normalized spacial score (nSPS) is 15.1. The van der Waals surface area contributed by atoms with E-state index in [9.17, 15) is 4.79 Å². The van der Waals surface area contributed by atoms with Crippen molar-refractivity contribution < 1.29 is 19.0 Å². The molecule has 0 amide bonds. The SMILES string of the molecule is COc1ccc(/C=C2\C=C(c3cc(C)ccc3C)OC2=O)cc1OC. The number of cyclic esters (lactones) is 1. The Morgan fingerprint density at radius 2 is 1.72 bits per heavy atom. The van der Waals surface area contributed by atoms with Gasteiger partial charge >= 0.3 is 5.97 Å². The van der Waals surface area contributed by atoms with Crippen LogP contribution in [0.4, 0.5) is 0 Å². The van der Waals surface area contributed by atoms with E-state index in [1.54, 1.807) is 32.4 Å². The van der Waals surface area contributed by atoms with Crippen LogP contribution >= 0.6 is 0 Å². The maximum Gasteiger partial charge on any atom is 0.343 e. The monoisotopic (exact) mass is 336 g/mol. The third kappa shape index (κ3) is 3.43. The summed E-state index contributed by atoms with van der Waals surface area (Å²) in [5.41, 5.74) is 4.46. The molecule has 0 saturated carbocycles. The van der Waals surface area contributed by atoms with Gasteiger partial charge in [-0.15, -0.1) is 0 Å². The van der Waals surface area contributed by atoms with E-state index >= 15 is 0 Å². The van der Waals surface area contributed by atoms with Crippen molar-refractivity contribution >= 4 is 17.8 Å². The zero-order chi connectivity index (χ0) is 18.0. The maximum absolute atomic E-state index is 12.2. The van der Waals surface area contributed by atoms with Gasteiger partial charge in [0, 0.05) is 5.56 Å². The number of hydrogen-bond donors (Lipinski definition) is 0. The summed E-state index contributed by atoms with van der Waals surface area (Å²) in [6.45, 7) is 4.01. The van der Waals surface area contributed by atoms with Gasteiger partial charge in [-0.2, -0.15) is 0 Å². The molecule has 4 heteroatoms.